The molecule has 2 atom stereocenters. The predicted octanol–water partition coefficient (Wildman–Crippen LogP) is 3.16. The van der Waals surface area contributed by atoms with Crippen molar-refractivity contribution in [2.24, 2.45) is 4.36 Å². The maximum atomic E-state index is 12.7. The van der Waals surface area contributed by atoms with Crippen LogP contribution in [0.3, 0.4) is 0 Å². The van der Waals surface area contributed by atoms with Crippen LogP contribution in [-0.2, 0) is 16.1 Å². The zero-order chi connectivity index (χ0) is 21.3. The number of hydrogen-bond acceptors (Lipinski definition) is 7. The number of aromatic nitrogens is 2. The van der Waals surface area contributed by atoms with Gasteiger partial charge in [0.25, 0.3) is 0 Å². The van der Waals surface area contributed by atoms with E-state index in [1.165, 1.54) is 11.1 Å². The van der Waals surface area contributed by atoms with Crippen LogP contribution in [0.4, 0.5) is 5.95 Å². The molecule has 1 aromatic heterocycles. The number of hydrogen-bond donors (Lipinski definition) is 0. The van der Waals surface area contributed by atoms with E-state index in [0.29, 0.717) is 16.9 Å². The Kier molecular flexibility index (Phi) is 5.97. The number of ether oxygens (including phenoxy) is 1. The Labute approximate surface area is 179 Å². The summed E-state index contributed by atoms with van der Waals surface area (Å²) in [5.74, 6) is 1.74. The molecule has 1 saturated heterocycles. The maximum absolute atomic E-state index is 12.7. The Morgan fingerprint density at radius 3 is 2.47 bits per heavy atom. The average molecular weight is 430 g/mol. The second-order valence-electron chi connectivity index (χ2n) is 8.39. The van der Waals surface area contributed by atoms with Crippen LogP contribution in [0.2, 0.25) is 0 Å². The minimum Gasteiger partial charge on any atom is -0.493 e. The van der Waals surface area contributed by atoms with Crippen molar-refractivity contribution in [2.75, 3.05) is 43.9 Å². The van der Waals surface area contributed by atoms with Gasteiger partial charge in [0.15, 0.2) is 0 Å². The molecule has 30 heavy (non-hydrogen) atoms. The molecule has 2 aromatic rings. The van der Waals surface area contributed by atoms with Crippen molar-refractivity contribution in [1.29, 1.82) is 0 Å². The first-order valence-electron chi connectivity index (χ1n) is 10.6. The van der Waals surface area contributed by atoms with E-state index in [1.54, 1.807) is 18.6 Å². The first-order valence-corrected chi connectivity index (χ1v) is 12.5. The summed E-state index contributed by atoms with van der Waals surface area (Å²) in [6.07, 6.45) is 5.99. The second kappa shape index (κ2) is 8.51. The lowest BCUT2D eigenvalue weighted by Gasteiger charge is -2.38. The second-order valence-corrected chi connectivity index (χ2v) is 10.7. The third-order valence-corrected chi connectivity index (χ3v) is 7.72. The van der Waals surface area contributed by atoms with Crippen molar-refractivity contribution in [3.8, 4) is 5.75 Å². The highest BCUT2D eigenvalue weighted by Gasteiger charge is 2.25. The van der Waals surface area contributed by atoms with Gasteiger partial charge < -0.3 is 9.64 Å². The number of rotatable bonds is 5. The minimum absolute atomic E-state index is 0.00878. The van der Waals surface area contributed by atoms with Gasteiger partial charge in [-0.25, -0.2) is 18.5 Å². The molecule has 1 aromatic carbocycles. The quantitative estimate of drug-likeness (QED) is 0.727. The number of benzene rings is 1. The molecule has 0 saturated carbocycles. The van der Waals surface area contributed by atoms with Gasteiger partial charge in [-0.1, -0.05) is 12.1 Å². The van der Waals surface area contributed by atoms with E-state index in [0.717, 1.165) is 45.0 Å². The largest absolute Gasteiger partial charge is 0.493 e. The summed E-state index contributed by atoms with van der Waals surface area (Å²) in [5.41, 5.74) is 2.62. The van der Waals surface area contributed by atoms with Crippen molar-refractivity contribution in [3.05, 3.63) is 41.7 Å². The Morgan fingerprint density at radius 1 is 1.10 bits per heavy atom. The highest BCUT2D eigenvalue weighted by Crippen LogP contribution is 2.31. The van der Waals surface area contributed by atoms with Crippen molar-refractivity contribution >= 4 is 15.7 Å². The van der Waals surface area contributed by atoms with Crippen molar-refractivity contribution in [3.63, 3.8) is 0 Å². The molecule has 0 radical (unpaired) electrons. The molecule has 3 heterocycles. The topological polar surface area (TPSA) is 70.9 Å². The van der Waals surface area contributed by atoms with Gasteiger partial charge in [0, 0.05) is 57.3 Å². The van der Waals surface area contributed by atoms with Crippen LogP contribution < -0.4 is 9.64 Å². The summed E-state index contributed by atoms with van der Waals surface area (Å²) < 4.78 is 22.8. The lowest BCUT2D eigenvalue weighted by Crippen LogP contribution is -2.47. The van der Waals surface area contributed by atoms with Crippen LogP contribution >= 0.6 is 0 Å². The molecule has 162 valence electrons. The third kappa shape index (κ3) is 4.44. The molecule has 0 spiro atoms. The van der Waals surface area contributed by atoms with Gasteiger partial charge in [-0.15, -0.1) is 0 Å². The van der Waals surface area contributed by atoms with Crippen LogP contribution in [0, 0.1) is 0 Å². The monoisotopic (exact) mass is 429 g/mol. The fourth-order valence-corrected chi connectivity index (χ4v) is 5.52. The number of piperazine rings is 1. The highest BCUT2D eigenvalue weighted by atomic mass is 32.2. The molecule has 0 aliphatic carbocycles. The molecule has 0 amide bonds. The third-order valence-electron chi connectivity index (χ3n) is 5.81. The summed E-state index contributed by atoms with van der Waals surface area (Å²) in [7, 11) is -2.45. The van der Waals surface area contributed by atoms with Crippen LogP contribution in [0.25, 0.3) is 0 Å². The van der Waals surface area contributed by atoms with E-state index in [4.69, 9.17) is 4.74 Å². The molecule has 1 fully saturated rings. The SMILES string of the molecule is CC(C)N=[S@](C)(=O)c1cnc(N2CCN([C@H](C)c3ccc4c(c3)OCC4)CC2)nc1. The number of fused-ring (bicyclic) bond motifs is 1. The molecule has 8 heteroatoms. The maximum Gasteiger partial charge on any atom is 0.225 e. The zero-order valence-corrected chi connectivity index (χ0v) is 19.1. The predicted molar refractivity (Wildman–Crippen MR) is 120 cm³/mol. The van der Waals surface area contributed by atoms with Crippen LogP contribution in [0.5, 0.6) is 5.75 Å². The lowest BCUT2D eigenvalue weighted by atomic mass is 10.0. The van der Waals surface area contributed by atoms with Crippen molar-refractivity contribution in [1.82, 2.24) is 14.9 Å². The van der Waals surface area contributed by atoms with Gasteiger partial charge in [-0.3, -0.25) is 4.90 Å². The Hall–Kier alpha value is -2.19. The first kappa shape index (κ1) is 21.1. The molecule has 2 aliphatic rings. The fraction of sp³-hybridized carbons (Fsp3) is 0.545. The van der Waals surface area contributed by atoms with Crippen LogP contribution in [-0.4, -0.2) is 64.2 Å². The van der Waals surface area contributed by atoms with E-state index >= 15 is 0 Å². The smallest absolute Gasteiger partial charge is 0.225 e. The Bertz CT molecular complexity index is 1010. The Morgan fingerprint density at radius 2 is 1.80 bits per heavy atom. The van der Waals surface area contributed by atoms with Gasteiger partial charge in [-0.05, 0) is 38.0 Å². The number of anilines is 1. The molecule has 0 bridgehead atoms. The average Bonchev–Trinajstić information content (AvgIpc) is 3.20. The van der Waals surface area contributed by atoms with Gasteiger partial charge in [0.2, 0.25) is 5.95 Å². The molecule has 0 unspecified atom stereocenters. The first-order chi connectivity index (χ1) is 14.3. The molecule has 7 nitrogen and oxygen atoms in total. The summed E-state index contributed by atoms with van der Waals surface area (Å²) in [5, 5.41) is 0. The molecular formula is C22H31N5O2S. The Balaban J connectivity index is 1.39. The summed E-state index contributed by atoms with van der Waals surface area (Å²) in [6, 6.07) is 6.99. The van der Waals surface area contributed by atoms with E-state index < -0.39 is 9.73 Å². The van der Waals surface area contributed by atoms with Gasteiger partial charge in [0.05, 0.1) is 27.3 Å². The molecular weight excluding hydrogens is 398 g/mol. The van der Waals surface area contributed by atoms with Crippen molar-refractivity contribution < 1.29 is 8.95 Å². The standard InChI is InChI=1S/C22H31N5O2S/c1-16(2)25-30(4,28)20-14-23-22(24-15-20)27-10-8-26(9-11-27)17(3)19-6-5-18-7-12-29-21(18)13-19/h5-6,13-17H,7-12H2,1-4H3/t17-,30-/m1/s1. The van der Waals surface area contributed by atoms with Crippen LogP contribution in [0.1, 0.15) is 37.9 Å². The van der Waals surface area contributed by atoms with E-state index in [9.17, 15) is 4.21 Å². The van der Waals surface area contributed by atoms with Gasteiger partial charge >= 0.3 is 0 Å². The normalized spacial score (nSPS) is 19.8. The summed E-state index contributed by atoms with van der Waals surface area (Å²) in [6.45, 7) is 10.5. The number of nitrogens with zero attached hydrogens (tertiary/aromatic N) is 5. The molecule has 4 rings (SSSR count). The van der Waals surface area contributed by atoms with E-state index in [-0.39, 0.29) is 6.04 Å². The lowest BCUT2D eigenvalue weighted by molar-refractivity contribution is 0.197. The minimum atomic E-state index is -2.45. The van der Waals surface area contributed by atoms with E-state index in [2.05, 4.69) is 49.3 Å². The van der Waals surface area contributed by atoms with Gasteiger partial charge in [0.1, 0.15) is 5.75 Å². The molecule has 0 N–H and O–H groups in total. The fourth-order valence-electron chi connectivity index (χ4n) is 4.09. The van der Waals surface area contributed by atoms with Gasteiger partial charge in [-0.2, -0.15) is 0 Å². The summed E-state index contributed by atoms with van der Waals surface area (Å²) >= 11 is 0. The van der Waals surface area contributed by atoms with Crippen molar-refractivity contribution in [2.45, 2.75) is 44.2 Å². The van der Waals surface area contributed by atoms with Crippen LogP contribution in [0.15, 0.2) is 39.9 Å². The highest BCUT2D eigenvalue weighted by molar-refractivity contribution is 7.93. The van der Waals surface area contributed by atoms with E-state index in [1.807, 2.05) is 13.8 Å². The summed E-state index contributed by atoms with van der Waals surface area (Å²) in [4.78, 5) is 14.2. The molecule has 2 aliphatic heterocycles. The zero-order valence-electron chi connectivity index (χ0n) is 18.2.